The van der Waals surface area contributed by atoms with Gasteiger partial charge in [-0.15, -0.1) is 0 Å². The lowest BCUT2D eigenvalue weighted by Crippen LogP contribution is -2.47. The Hall–Kier alpha value is -4.23. The SMILES string of the molecule is CNCCNC(=O)Nc1ccc2c(c1)c(C(N)=O)nn2CC(=O)N1C2CCC(C2)C1C=O.CNc1cccc(Cl)n1. The molecule has 1 saturated carbocycles. The molecule has 218 valence electrons. The van der Waals surface area contributed by atoms with Crippen LogP contribution in [0.25, 0.3) is 10.9 Å². The van der Waals surface area contributed by atoms with Gasteiger partial charge in [0.25, 0.3) is 5.91 Å². The quantitative estimate of drug-likeness (QED) is 0.144. The predicted molar refractivity (Wildman–Crippen MR) is 156 cm³/mol. The van der Waals surface area contributed by atoms with Gasteiger partial charge in [0, 0.05) is 37.3 Å². The Morgan fingerprint density at radius 3 is 2.61 bits per heavy atom. The summed E-state index contributed by atoms with van der Waals surface area (Å²) in [5, 5.41) is 16.4. The summed E-state index contributed by atoms with van der Waals surface area (Å²) >= 11 is 5.57. The number of nitrogens with two attached hydrogens (primary N) is 1. The maximum absolute atomic E-state index is 13.1. The summed E-state index contributed by atoms with van der Waals surface area (Å²) < 4.78 is 1.43. The molecule has 1 aliphatic heterocycles. The highest BCUT2D eigenvalue weighted by atomic mass is 35.5. The van der Waals surface area contributed by atoms with Crippen LogP contribution in [0, 0.1) is 5.92 Å². The van der Waals surface area contributed by atoms with Crippen LogP contribution in [0.15, 0.2) is 36.4 Å². The van der Waals surface area contributed by atoms with Crippen molar-refractivity contribution in [2.45, 2.75) is 37.9 Å². The largest absolute Gasteiger partial charge is 0.373 e. The number of anilines is 2. The van der Waals surface area contributed by atoms with Crippen LogP contribution in [0.3, 0.4) is 0 Å². The van der Waals surface area contributed by atoms with E-state index in [1.807, 2.05) is 12.1 Å². The number of aldehydes is 1. The lowest BCUT2D eigenvalue weighted by atomic mass is 10.00. The van der Waals surface area contributed by atoms with Crippen molar-refractivity contribution in [3.63, 3.8) is 0 Å². The highest BCUT2D eigenvalue weighted by Crippen LogP contribution is 2.41. The van der Waals surface area contributed by atoms with Crippen molar-refractivity contribution >= 4 is 58.1 Å². The predicted octanol–water partition coefficient (Wildman–Crippen LogP) is 1.83. The van der Waals surface area contributed by atoms with E-state index in [1.165, 1.54) is 4.68 Å². The van der Waals surface area contributed by atoms with Crippen molar-refractivity contribution in [3.8, 4) is 0 Å². The zero-order chi connectivity index (χ0) is 29.5. The summed E-state index contributed by atoms with van der Waals surface area (Å²) in [5.41, 5.74) is 6.53. The van der Waals surface area contributed by atoms with Crippen molar-refractivity contribution in [2.75, 3.05) is 37.8 Å². The van der Waals surface area contributed by atoms with Gasteiger partial charge < -0.3 is 36.7 Å². The molecule has 5 rings (SSSR count). The molecule has 3 heterocycles. The van der Waals surface area contributed by atoms with E-state index in [2.05, 4.69) is 31.3 Å². The summed E-state index contributed by atoms with van der Waals surface area (Å²) in [7, 11) is 3.59. The number of benzene rings is 1. The minimum Gasteiger partial charge on any atom is -0.373 e. The molecule has 13 nitrogen and oxygen atoms in total. The second kappa shape index (κ2) is 13.4. The Morgan fingerprint density at radius 1 is 1.15 bits per heavy atom. The molecular weight excluding hydrogens is 550 g/mol. The summed E-state index contributed by atoms with van der Waals surface area (Å²) in [6, 6.07) is 9.70. The lowest BCUT2D eigenvalue weighted by Gasteiger charge is -2.32. The van der Waals surface area contributed by atoms with E-state index in [9.17, 15) is 19.2 Å². The third-order valence-corrected chi connectivity index (χ3v) is 7.44. The van der Waals surface area contributed by atoms with E-state index in [0.717, 1.165) is 31.4 Å². The first-order chi connectivity index (χ1) is 19.7. The number of hydrogen-bond donors (Lipinski definition) is 5. The van der Waals surface area contributed by atoms with Crippen LogP contribution in [0.4, 0.5) is 16.3 Å². The third kappa shape index (κ3) is 6.92. The number of halogens is 1. The number of likely N-dealkylation sites (tertiary alicyclic amines) is 1. The van der Waals surface area contributed by atoms with Crippen LogP contribution in [-0.4, -0.2) is 83.1 Å². The fraction of sp³-hybridized carbons (Fsp3) is 0.407. The third-order valence-electron chi connectivity index (χ3n) is 7.23. The Labute approximate surface area is 242 Å². The van der Waals surface area contributed by atoms with E-state index in [4.69, 9.17) is 17.3 Å². The standard InChI is InChI=1S/C21H27N7O4.C6H7ClN2/c1-23-6-7-24-21(32)25-13-3-5-16-15(9-13)19(20(22)31)26-27(16)10-18(30)28-14-4-2-12(8-14)17(28)11-29;1-8-6-4-2-3-5(7)9-6/h3,5,9,11-12,14,17,23H,2,4,6-8,10H2,1H3,(H2,22,31)(H2,24,25,32);2-4H,1H3,(H,8,9). The molecule has 2 fully saturated rings. The molecule has 3 atom stereocenters. The molecule has 41 heavy (non-hydrogen) atoms. The van der Waals surface area contributed by atoms with Crippen LogP contribution in [-0.2, 0) is 16.1 Å². The number of carbonyl (C=O) groups is 4. The van der Waals surface area contributed by atoms with Crippen LogP contribution < -0.4 is 27.0 Å². The fourth-order valence-electron chi connectivity index (χ4n) is 5.36. The van der Waals surface area contributed by atoms with Gasteiger partial charge in [0.15, 0.2) is 5.69 Å². The summed E-state index contributed by atoms with van der Waals surface area (Å²) in [5.74, 6) is 0.0797. The van der Waals surface area contributed by atoms with Gasteiger partial charge >= 0.3 is 6.03 Å². The Balaban J connectivity index is 0.000000367. The van der Waals surface area contributed by atoms with E-state index in [0.29, 0.717) is 34.8 Å². The zero-order valence-corrected chi connectivity index (χ0v) is 23.6. The molecule has 6 N–H and O–H groups in total. The Kier molecular flexibility index (Phi) is 9.73. The number of fused-ring (bicyclic) bond motifs is 3. The summed E-state index contributed by atoms with van der Waals surface area (Å²) in [4.78, 5) is 54.2. The van der Waals surface area contributed by atoms with Crippen LogP contribution in [0.2, 0.25) is 5.15 Å². The second-order valence-corrected chi connectivity index (χ2v) is 10.2. The van der Waals surface area contributed by atoms with Crippen molar-refractivity contribution in [1.82, 2.24) is 30.3 Å². The minimum atomic E-state index is -0.734. The maximum atomic E-state index is 13.1. The fourth-order valence-corrected chi connectivity index (χ4v) is 5.53. The van der Waals surface area contributed by atoms with Gasteiger partial charge in [0.2, 0.25) is 5.91 Å². The van der Waals surface area contributed by atoms with Crippen molar-refractivity contribution in [1.29, 1.82) is 0 Å². The molecule has 1 aliphatic carbocycles. The van der Waals surface area contributed by atoms with Gasteiger partial charge in [0.1, 0.15) is 23.8 Å². The van der Waals surface area contributed by atoms with E-state index < -0.39 is 11.9 Å². The normalized spacial score (nSPS) is 18.9. The number of nitrogens with zero attached hydrogens (tertiary/aromatic N) is 4. The molecule has 2 aromatic heterocycles. The number of aromatic nitrogens is 3. The lowest BCUT2D eigenvalue weighted by molar-refractivity contribution is -0.139. The topological polar surface area (TPSA) is 176 Å². The average molecular weight is 584 g/mol. The molecule has 2 bridgehead atoms. The number of nitrogens with one attached hydrogen (secondary N) is 4. The summed E-state index contributed by atoms with van der Waals surface area (Å²) in [6.07, 6.45) is 3.58. The molecule has 2 aliphatic rings. The first-order valence-electron chi connectivity index (χ1n) is 13.3. The van der Waals surface area contributed by atoms with Crippen LogP contribution >= 0.6 is 11.6 Å². The van der Waals surface area contributed by atoms with Crippen molar-refractivity contribution in [2.24, 2.45) is 11.7 Å². The van der Waals surface area contributed by atoms with Crippen molar-refractivity contribution < 1.29 is 19.2 Å². The minimum absolute atomic E-state index is 0.0157. The monoisotopic (exact) mass is 583 g/mol. The van der Waals surface area contributed by atoms with Crippen LogP contribution in [0.1, 0.15) is 29.8 Å². The van der Waals surface area contributed by atoms with Gasteiger partial charge in [-0.2, -0.15) is 5.10 Å². The van der Waals surface area contributed by atoms with Gasteiger partial charge in [-0.05, 0) is 62.6 Å². The van der Waals surface area contributed by atoms with E-state index in [-0.39, 0.29) is 36.1 Å². The number of likely N-dealkylation sites (N-methyl/N-ethyl adjacent to an activating group) is 1. The number of amides is 4. The number of urea groups is 1. The van der Waals surface area contributed by atoms with Gasteiger partial charge in [-0.3, -0.25) is 14.3 Å². The maximum Gasteiger partial charge on any atom is 0.319 e. The molecule has 14 heteroatoms. The number of carbonyl (C=O) groups excluding carboxylic acids is 4. The molecule has 1 saturated heterocycles. The molecule has 4 amide bonds. The van der Waals surface area contributed by atoms with Gasteiger partial charge in [0.05, 0.1) is 11.6 Å². The molecule has 0 radical (unpaired) electrons. The number of primary amides is 1. The van der Waals surface area contributed by atoms with E-state index >= 15 is 0 Å². The zero-order valence-electron chi connectivity index (χ0n) is 22.9. The van der Waals surface area contributed by atoms with Gasteiger partial charge in [-0.1, -0.05) is 17.7 Å². The van der Waals surface area contributed by atoms with Gasteiger partial charge in [-0.25, -0.2) is 9.78 Å². The number of hydrogen-bond acceptors (Lipinski definition) is 8. The number of piperidine rings is 1. The number of rotatable bonds is 9. The Bertz CT molecular complexity index is 1430. The second-order valence-electron chi connectivity index (χ2n) is 9.84. The molecular formula is C27H34ClN9O4. The smallest absolute Gasteiger partial charge is 0.319 e. The molecule has 0 spiro atoms. The molecule has 3 aromatic rings. The average Bonchev–Trinajstić information content (AvgIpc) is 3.67. The Morgan fingerprint density at radius 2 is 1.95 bits per heavy atom. The highest BCUT2D eigenvalue weighted by molar-refractivity contribution is 6.29. The van der Waals surface area contributed by atoms with E-state index in [1.54, 1.807) is 43.3 Å². The summed E-state index contributed by atoms with van der Waals surface area (Å²) in [6.45, 7) is 0.981. The van der Waals surface area contributed by atoms with Crippen LogP contribution in [0.5, 0.6) is 0 Å². The molecule has 1 aromatic carbocycles. The highest BCUT2D eigenvalue weighted by Gasteiger charge is 2.47. The number of pyridine rings is 1. The first kappa shape index (κ1) is 29.7. The first-order valence-corrected chi connectivity index (χ1v) is 13.7. The molecule has 3 unspecified atom stereocenters. The van der Waals surface area contributed by atoms with Crippen molar-refractivity contribution in [3.05, 3.63) is 47.2 Å².